The predicted molar refractivity (Wildman–Crippen MR) is 181 cm³/mol. The van der Waals surface area contributed by atoms with Gasteiger partial charge in [-0.05, 0) is 65.3 Å². The minimum absolute atomic E-state index is 0.273. The molecule has 1 aliphatic rings. The number of benzene rings is 3. The van der Waals surface area contributed by atoms with E-state index >= 15 is 0 Å². The number of carbonyl (C=O) groups excluding carboxylic acids is 1. The molecule has 3 aromatic heterocycles. The first-order valence-corrected chi connectivity index (χ1v) is 16.1. The number of para-hydroxylation sites is 3. The van der Waals surface area contributed by atoms with Gasteiger partial charge in [0.05, 0.1) is 5.57 Å². The fourth-order valence-corrected chi connectivity index (χ4v) is 8.03. The molecule has 0 amide bonds. The van der Waals surface area contributed by atoms with Crippen molar-refractivity contribution < 1.29 is 9.53 Å². The number of ether oxygens (including phenoxy) is 1. The number of hydrogen-bond acceptors (Lipinski definition) is 2. The van der Waals surface area contributed by atoms with Crippen LogP contribution in [0.4, 0.5) is 0 Å². The van der Waals surface area contributed by atoms with Crippen molar-refractivity contribution >= 4 is 44.3 Å². The van der Waals surface area contributed by atoms with Gasteiger partial charge >= 0.3 is 5.97 Å². The van der Waals surface area contributed by atoms with E-state index in [0.717, 1.165) is 93.4 Å². The topological polar surface area (TPSA) is 41.1 Å². The van der Waals surface area contributed by atoms with E-state index in [2.05, 4.69) is 134 Å². The first kappa shape index (κ1) is 28.3. The number of fused-ring (bicyclic) bond motifs is 3. The van der Waals surface area contributed by atoms with Gasteiger partial charge in [0, 0.05) is 86.1 Å². The van der Waals surface area contributed by atoms with E-state index in [1.165, 1.54) is 5.52 Å². The second-order valence-corrected chi connectivity index (χ2v) is 12.1. The van der Waals surface area contributed by atoms with Gasteiger partial charge in [-0.2, -0.15) is 0 Å². The van der Waals surface area contributed by atoms with Gasteiger partial charge in [-0.1, -0.05) is 67.9 Å². The Morgan fingerprint density at radius 3 is 1.68 bits per heavy atom. The minimum atomic E-state index is -1.10. The van der Waals surface area contributed by atoms with Crippen LogP contribution in [0.15, 0.2) is 78.9 Å². The van der Waals surface area contributed by atoms with Crippen molar-refractivity contribution in [3.63, 3.8) is 0 Å². The molecule has 5 heteroatoms. The molecule has 0 bridgehead atoms. The van der Waals surface area contributed by atoms with Gasteiger partial charge in [-0.15, -0.1) is 0 Å². The van der Waals surface area contributed by atoms with Gasteiger partial charge in [-0.25, -0.2) is 4.79 Å². The molecule has 7 rings (SSSR count). The van der Waals surface area contributed by atoms with Crippen molar-refractivity contribution in [1.82, 2.24) is 13.7 Å². The maximum atomic E-state index is 14.5. The summed E-state index contributed by atoms with van der Waals surface area (Å²) in [7, 11) is 0. The summed E-state index contributed by atoms with van der Waals surface area (Å²) in [4.78, 5) is 14.5. The van der Waals surface area contributed by atoms with E-state index in [0.29, 0.717) is 5.57 Å². The van der Waals surface area contributed by atoms with Crippen molar-refractivity contribution in [2.45, 2.75) is 79.6 Å². The zero-order valence-corrected chi connectivity index (χ0v) is 26.7. The lowest BCUT2D eigenvalue weighted by atomic mass is 9.81. The van der Waals surface area contributed by atoms with Crippen LogP contribution in [0.25, 0.3) is 38.3 Å². The van der Waals surface area contributed by atoms with Gasteiger partial charge in [-0.3, -0.25) is 0 Å². The molecule has 0 spiro atoms. The Balaban J connectivity index is 1.63. The number of carbonyl (C=O) groups is 1. The van der Waals surface area contributed by atoms with E-state index < -0.39 is 5.60 Å². The summed E-state index contributed by atoms with van der Waals surface area (Å²) in [6.45, 7) is 15.7. The lowest BCUT2D eigenvalue weighted by Crippen LogP contribution is -2.29. The molecule has 0 N–H and O–H groups in total. The predicted octanol–water partition coefficient (Wildman–Crippen LogP) is 9.20. The fourth-order valence-electron chi connectivity index (χ4n) is 8.03. The molecule has 1 atom stereocenters. The van der Waals surface area contributed by atoms with Crippen molar-refractivity contribution in [3.8, 4) is 0 Å². The van der Waals surface area contributed by atoms with Crippen molar-refractivity contribution in [2.75, 3.05) is 0 Å². The molecule has 0 fully saturated rings. The Kier molecular flexibility index (Phi) is 6.80. The summed E-state index contributed by atoms with van der Waals surface area (Å²) in [5.74, 6) is -0.273. The molecule has 4 heterocycles. The molecule has 0 saturated carbocycles. The van der Waals surface area contributed by atoms with Crippen LogP contribution < -0.4 is 0 Å². The number of nitrogens with zero attached hydrogens (tertiary/aromatic N) is 3. The number of aromatic nitrogens is 3. The number of cyclic esters (lactones) is 1. The summed E-state index contributed by atoms with van der Waals surface area (Å²) in [6.07, 6.45) is 4.35. The number of esters is 1. The summed E-state index contributed by atoms with van der Waals surface area (Å²) in [6, 6.07) is 25.6. The third-order valence-electron chi connectivity index (χ3n) is 9.89. The van der Waals surface area contributed by atoms with Gasteiger partial charge in [0.2, 0.25) is 0 Å². The zero-order chi connectivity index (χ0) is 30.7. The van der Waals surface area contributed by atoms with Gasteiger partial charge in [0.25, 0.3) is 0 Å². The summed E-state index contributed by atoms with van der Waals surface area (Å²) >= 11 is 0. The van der Waals surface area contributed by atoms with E-state index in [9.17, 15) is 4.79 Å². The Morgan fingerprint density at radius 2 is 1.11 bits per heavy atom. The smallest absolute Gasteiger partial charge is 0.340 e. The molecule has 3 aromatic carbocycles. The molecule has 0 radical (unpaired) electrons. The Bertz CT molecular complexity index is 2120. The van der Waals surface area contributed by atoms with E-state index in [1.54, 1.807) is 0 Å². The highest BCUT2D eigenvalue weighted by Gasteiger charge is 2.50. The lowest BCUT2D eigenvalue weighted by molar-refractivity contribution is -0.142. The quantitative estimate of drug-likeness (QED) is 0.168. The van der Waals surface area contributed by atoms with E-state index in [4.69, 9.17) is 4.74 Å². The molecule has 0 aliphatic carbocycles. The summed E-state index contributed by atoms with van der Waals surface area (Å²) < 4.78 is 14.0. The van der Waals surface area contributed by atoms with Crippen molar-refractivity contribution in [1.29, 1.82) is 0 Å². The van der Waals surface area contributed by atoms with Crippen LogP contribution in [0.5, 0.6) is 0 Å². The van der Waals surface area contributed by atoms with Gasteiger partial charge in [0.15, 0.2) is 5.60 Å². The van der Waals surface area contributed by atoms with Crippen LogP contribution in [0, 0.1) is 20.8 Å². The van der Waals surface area contributed by atoms with Crippen LogP contribution in [0.1, 0.15) is 67.4 Å². The third-order valence-corrected chi connectivity index (χ3v) is 9.89. The third kappa shape index (κ3) is 3.81. The summed E-state index contributed by atoms with van der Waals surface area (Å²) in [5.41, 5.74) is 9.46. The zero-order valence-electron chi connectivity index (χ0n) is 26.7. The standard InChI is InChI=1S/C39H41N3O2/c1-7-10-23-42-27(6)37(30-19-13-16-22-34(30)42)39(36-26(5)41(9-3)33-21-15-12-18-29(33)36)24-31(38(43)44-39)35-25(4)40(8-2)32-20-14-11-17-28(32)35/h11-22,24H,7-10,23H2,1-6H3. The van der Waals surface area contributed by atoms with Crippen LogP contribution >= 0.6 is 0 Å². The Labute approximate surface area is 259 Å². The highest BCUT2D eigenvalue weighted by atomic mass is 16.6. The Hall–Kier alpha value is -4.51. The SMILES string of the molecule is CCCCn1c(C)c(C2(c3c(C)n(CC)c4ccccc34)C=C(c3c(C)n(CC)c4ccccc34)C(=O)O2)c2ccccc21. The number of aryl methyl sites for hydroxylation is 3. The first-order chi connectivity index (χ1) is 21.4. The summed E-state index contributed by atoms with van der Waals surface area (Å²) in [5, 5.41) is 3.34. The van der Waals surface area contributed by atoms with Gasteiger partial charge in [0.1, 0.15) is 0 Å². The average molecular weight is 584 g/mol. The Morgan fingerprint density at radius 1 is 0.636 bits per heavy atom. The van der Waals surface area contributed by atoms with Gasteiger partial charge < -0.3 is 18.4 Å². The number of hydrogen-bond donors (Lipinski definition) is 0. The van der Waals surface area contributed by atoms with Crippen LogP contribution in [-0.2, 0) is 34.8 Å². The average Bonchev–Trinajstić information content (AvgIpc) is 3.70. The molecule has 1 aliphatic heterocycles. The fraction of sp³-hybridized carbons (Fsp3) is 0.308. The molecule has 6 aromatic rings. The maximum Gasteiger partial charge on any atom is 0.340 e. The second-order valence-electron chi connectivity index (χ2n) is 12.1. The molecule has 5 nitrogen and oxygen atoms in total. The van der Waals surface area contributed by atoms with Crippen molar-refractivity contribution in [2.24, 2.45) is 0 Å². The molecular formula is C39H41N3O2. The largest absolute Gasteiger partial charge is 0.441 e. The second kappa shape index (κ2) is 10.6. The number of unbranched alkanes of at least 4 members (excludes halogenated alkanes) is 1. The maximum absolute atomic E-state index is 14.5. The molecule has 1 unspecified atom stereocenters. The van der Waals surface area contributed by atoms with E-state index in [-0.39, 0.29) is 5.97 Å². The lowest BCUT2D eigenvalue weighted by Gasteiger charge is -2.29. The van der Waals surface area contributed by atoms with Crippen LogP contribution in [0.2, 0.25) is 0 Å². The number of rotatable bonds is 8. The highest BCUT2D eigenvalue weighted by Crippen LogP contribution is 2.52. The molecular weight excluding hydrogens is 542 g/mol. The molecule has 44 heavy (non-hydrogen) atoms. The minimum Gasteiger partial charge on any atom is -0.441 e. The monoisotopic (exact) mass is 583 g/mol. The van der Waals surface area contributed by atoms with Crippen molar-refractivity contribution in [3.05, 3.63) is 113 Å². The van der Waals surface area contributed by atoms with E-state index in [1.807, 2.05) is 0 Å². The first-order valence-electron chi connectivity index (χ1n) is 16.1. The normalized spacial score (nSPS) is 16.9. The molecule has 224 valence electrons. The van der Waals surface area contributed by atoms with Crippen LogP contribution in [-0.4, -0.2) is 19.7 Å². The van der Waals surface area contributed by atoms with Crippen LogP contribution in [0.3, 0.4) is 0 Å². The highest BCUT2D eigenvalue weighted by molar-refractivity contribution is 6.23. The molecule has 0 saturated heterocycles.